The molecule has 0 unspecified atom stereocenters. The normalized spacial score (nSPS) is 11.0. The van der Waals surface area contributed by atoms with E-state index >= 15 is 0 Å². The highest BCUT2D eigenvalue weighted by Gasteiger charge is 2.20. The van der Waals surface area contributed by atoms with Crippen LogP contribution in [0.1, 0.15) is 11.1 Å². The van der Waals surface area contributed by atoms with Crippen LogP contribution in [0.4, 0.5) is 11.5 Å². The van der Waals surface area contributed by atoms with Gasteiger partial charge in [0.2, 0.25) is 0 Å². The van der Waals surface area contributed by atoms with E-state index in [2.05, 4.69) is 15.0 Å². The summed E-state index contributed by atoms with van der Waals surface area (Å²) < 4.78 is 33.0. The fourth-order valence-electron chi connectivity index (χ4n) is 2.55. The van der Waals surface area contributed by atoms with Crippen LogP contribution in [0.25, 0.3) is 0 Å². The number of anilines is 2. The van der Waals surface area contributed by atoms with Gasteiger partial charge in [-0.15, -0.1) is 0 Å². The minimum absolute atomic E-state index is 0.0816. The molecule has 0 aliphatic heterocycles. The zero-order valence-electron chi connectivity index (χ0n) is 15.1. The van der Waals surface area contributed by atoms with Crippen molar-refractivity contribution in [2.45, 2.75) is 18.4 Å². The Morgan fingerprint density at radius 3 is 2.48 bits per heavy atom. The number of hydrogen-bond acceptors (Lipinski definition) is 5. The minimum atomic E-state index is -3.80. The summed E-state index contributed by atoms with van der Waals surface area (Å²) in [5.41, 5.74) is 2.77. The lowest BCUT2D eigenvalue weighted by Gasteiger charge is -2.12. The molecule has 0 saturated carbocycles. The minimum Gasteiger partial charge on any atom is -0.495 e. The molecule has 0 bridgehead atoms. The molecule has 27 heavy (non-hydrogen) atoms. The van der Waals surface area contributed by atoms with Gasteiger partial charge >= 0.3 is 0 Å². The molecule has 2 aromatic carbocycles. The predicted octanol–water partition coefficient (Wildman–Crippen LogP) is 3.81. The van der Waals surface area contributed by atoms with Gasteiger partial charge in [-0.2, -0.15) is 0 Å². The Balaban J connectivity index is 1.71. The number of pyridine rings is 1. The van der Waals surface area contributed by atoms with Gasteiger partial charge < -0.3 is 10.1 Å². The second-order valence-corrected chi connectivity index (χ2v) is 7.68. The maximum atomic E-state index is 12.7. The summed E-state index contributed by atoms with van der Waals surface area (Å²) in [6.45, 7) is 2.48. The van der Waals surface area contributed by atoms with Crippen LogP contribution in [0, 0.1) is 6.92 Å². The third-order valence-corrected chi connectivity index (χ3v) is 5.33. The van der Waals surface area contributed by atoms with E-state index in [0.717, 1.165) is 16.8 Å². The van der Waals surface area contributed by atoms with Gasteiger partial charge in [0.1, 0.15) is 16.5 Å². The molecule has 0 fully saturated rings. The molecule has 7 heteroatoms. The summed E-state index contributed by atoms with van der Waals surface area (Å²) in [5, 5.41) is 3.25. The summed E-state index contributed by atoms with van der Waals surface area (Å²) >= 11 is 0. The Hall–Kier alpha value is -3.06. The second-order valence-electron chi connectivity index (χ2n) is 6.03. The highest BCUT2D eigenvalue weighted by Crippen LogP contribution is 2.26. The third kappa shape index (κ3) is 4.77. The van der Waals surface area contributed by atoms with Gasteiger partial charge in [-0.25, -0.2) is 13.4 Å². The molecule has 0 aliphatic carbocycles. The summed E-state index contributed by atoms with van der Waals surface area (Å²) in [7, 11) is -2.36. The number of nitrogens with zero attached hydrogens (tertiary/aromatic N) is 1. The van der Waals surface area contributed by atoms with Crippen molar-refractivity contribution in [3.05, 3.63) is 78.0 Å². The molecule has 3 rings (SSSR count). The highest BCUT2D eigenvalue weighted by molar-refractivity contribution is 7.92. The summed E-state index contributed by atoms with van der Waals surface area (Å²) in [6, 6.07) is 18.4. The number of benzene rings is 2. The highest BCUT2D eigenvalue weighted by atomic mass is 32.2. The molecule has 0 amide bonds. The molecule has 1 heterocycles. The number of hydrogen-bond donors (Lipinski definition) is 2. The van der Waals surface area contributed by atoms with Crippen molar-refractivity contribution < 1.29 is 13.2 Å². The van der Waals surface area contributed by atoms with E-state index in [-0.39, 0.29) is 16.5 Å². The van der Waals surface area contributed by atoms with Crippen LogP contribution in [0.5, 0.6) is 5.75 Å². The number of rotatable bonds is 7. The maximum Gasteiger partial charge on any atom is 0.266 e. The molecule has 140 valence electrons. The molecule has 0 saturated heterocycles. The summed E-state index contributed by atoms with van der Waals surface area (Å²) in [6.07, 6.45) is 1.59. The largest absolute Gasteiger partial charge is 0.495 e. The Kier molecular flexibility index (Phi) is 5.61. The van der Waals surface area contributed by atoms with E-state index < -0.39 is 10.0 Å². The molecule has 3 aromatic rings. The molecule has 1 aromatic heterocycles. The van der Waals surface area contributed by atoms with Crippen LogP contribution in [0.15, 0.2) is 71.8 Å². The number of ether oxygens (including phenoxy) is 1. The molecule has 0 aliphatic rings. The van der Waals surface area contributed by atoms with Gasteiger partial charge in [0, 0.05) is 6.54 Å². The first-order chi connectivity index (χ1) is 13.0. The first-order valence-electron chi connectivity index (χ1n) is 8.39. The van der Waals surface area contributed by atoms with Gasteiger partial charge in [0.25, 0.3) is 10.0 Å². The van der Waals surface area contributed by atoms with Crippen molar-refractivity contribution >= 4 is 21.5 Å². The van der Waals surface area contributed by atoms with Crippen molar-refractivity contribution in [1.29, 1.82) is 0 Å². The molecule has 0 spiro atoms. The van der Waals surface area contributed by atoms with E-state index in [1.54, 1.807) is 36.5 Å². The number of nitrogens with one attached hydrogen (secondary N) is 2. The van der Waals surface area contributed by atoms with Crippen molar-refractivity contribution in [2.24, 2.45) is 0 Å². The molecule has 0 atom stereocenters. The van der Waals surface area contributed by atoms with Gasteiger partial charge in [-0.05, 0) is 42.3 Å². The van der Waals surface area contributed by atoms with E-state index in [0.29, 0.717) is 6.54 Å². The Morgan fingerprint density at radius 2 is 1.81 bits per heavy atom. The lowest BCUT2D eigenvalue weighted by atomic mass is 10.2. The fourth-order valence-corrected chi connectivity index (χ4v) is 3.81. The van der Waals surface area contributed by atoms with E-state index in [4.69, 9.17) is 4.74 Å². The number of methoxy groups -OCH3 is 1. The van der Waals surface area contributed by atoms with Crippen molar-refractivity contribution in [1.82, 2.24) is 4.98 Å². The van der Waals surface area contributed by atoms with Crippen LogP contribution in [-0.2, 0) is 16.6 Å². The van der Waals surface area contributed by atoms with E-state index in [1.165, 1.54) is 7.11 Å². The van der Waals surface area contributed by atoms with Crippen molar-refractivity contribution in [3.63, 3.8) is 0 Å². The molecule has 2 N–H and O–H groups in total. The zero-order valence-corrected chi connectivity index (χ0v) is 16.0. The van der Waals surface area contributed by atoms with E-state index in [9.17, 15) is 8.42 Å². The summed E-state index contributed by atoms with van der Waals surface area (Å²) in [4.78, 5) is 4.27. The SMILES string of the molecule is COc1ccc(C)cc1S(=O)(=O)Nc1ccc(NCc2ccccc2)cn1. The zero-order chi connectivity index (χ0) is 19.3. The first kappa shape index (κ1) is 18.7. The van der Waals surface area contributed by atoms with Crippen LogP contribution in [0.2, 0.25) is 0 Å². The standard InChI is InChI=1S/C20H21N3O3S/c1-15-8-10-18(26-2)19(12-15)27(24,25)23-20-11-9-17(14-22-20)21-13-16-6-4-3-5-7-16/h3-12,14,21H,13H2,1-2H3,(H,22,23). The van der Waals surface area contributed by atoms with E-state index in [1.807, 2.05) is 37.3 Å². The Labute approximate surface area is 159 Å². The number of sulfonamides is 1. The second kappa shape index (κ2) is 8.09. The average Bonchev–Trinajstić information content (AvgIpc) is 2.68. The van der Waals surface area contributed by atoms with Crippen molar-refractivity contribution in [3.8, 4) is 5.75 Å². The lowest BCUT2D eigenvalue weighted by Crippen LogP contribution is -2.15. The predicted molar refractivity (Wildman–Crippen MR) is 107 cm³/mol. The average molecular weight is 383 g/mol. The quantitative estimate of drug-likeness (QED) is 0.648. The van der Waals surface area contributed by atoms with Crippen molar-refractivity contribution in [2.75, 3.05) is 17.1 Å². The maximum absolute atomic E-state index is 12.7. The Morgan fingerprint density at radius 1 is 1.04 bits per heavy atom. The topological polar surface area (TPSA) is 80.3 Å². The summed E-state index contributed by atoms with van der Waals surface area (Å²) in [5.74, 6) is 0.526. The third-order valence-electron chi connectivity index (χ3n) is 3.95. The van der Waals surface area contributed by atoms with Crippen LogP contribution < -0.4 is 14.8 Å². The van der Waals surface area contributed by atoms with Crippen LogP contribution in [-0.4, -0.2) is 20.5 Å². The van der Waals surface area contributed by atoms with Crippen LogP contribution in [0.3, 0.4) is 0 Å². The molecular formula is C20H21N3O3S. The lowest BCUT2D eigenvalue weighted by molar-refractivity contribution is 0.402. The fraction of sp³-hybridized carbons (Fsp3) is 0.150. The number of aromatic nitrogens is 1. The van der Waals surface area contributed by atoms with Gasteiger partial charge in [0.15, 0.2) is 0 Å². The van der Waals surface area contributed by atoms with Gasteiger partial charge in [0.05, 0.1) is 19.0 Å². The number of aryl methyl sites for hydroxylation is 1. The first-order valence-corrected chi connectivity index (χ1v) is 9.87. The van der Waals surface area contributed by atoms with Crippen LogP contribution >= 0.6 is 0 Å². The monoisotopic (exact) mass is 383 g/mol. The van der Waals surface area contributed by atoms with Gasteiger partial charge in [-0.3, -0.25) is 4.72 Å². The molecule has 0 radical (unpaired) electrons. The molecule has 6 nitrogen and oxygen atoms in total. The smallest absolute Gasteiger partial charge is 0.266 e. The Bertz CT molecular complexity index is 1000. The molecular weight excluding hydrogens is 362 g/mol. The van der Waals surface area contributed by atoms with Gasteiger partial charge in [-0.1, -0.05) is 36.4 Å².